The van der Waals surface area contributed by atoms with E-state index >= 15 is 0 Å². The summed E-state index contributed by atoms with van der Waals surface area (Å²) < 4.78 is 7.28. The zero-order valence-corrected chi connectivity index (χ0v) is 13.7. The van der Waals surface area contributed by atoms with Crippen molar-refractivity contribution >= 4 is 21.6 Å². The van der Waals surface area contributed by atoms with E-state index in [1.54, 1.807) is 22.2 Å². The third-order valence-corrected chi connectivity index (χ3v) is 4.88. The number of hydrogen-bond donors (Lipinski definition) is 0. The second-order valence-electron chi connectivity index (χ2n) is 5.18. The Bertz CT molecular complexity index is 880. The second-order valence-corrected chi connectivity index (χ2v) is 6.38. The van der Waals surface area contributed by atoms with Gasteiger partial charge in [0.05, 0.1) is 24.9 Å². The van der Waals surface area contributed by atoms with Crippen LogP contribution in [-0.4, -0.2) is 16.2 Å². The van der Waals surface area contributed by atoms with Crippen LogP contribution in [0.2, 0.25) is 0 Å². The standard InChI is InChI=1S/C17H18N2O2S/c1-4-21-14-8-6-5-7-13(14)9-19-10-18-16-15(17(19)20)11(2)12(3)22-16/h5-8,10H,4,9H2,1-3H3. The summed E-state index contributed by atoms with van der Waals surface area (Å²) in [6.45, 7) is 7.03. The van der Waals surface area contributed by atoms with Gasteiger partial charge in [0.25, 0.3) is 5.56 Å². The van der Waals surface area contributed by atoms with Crippen LogP contribution in [0, 0.1) is 13.8 Å². The van der Waals surface area contributed by atoms with Crippen molar-refractivity contribution in [3.8, 4) is 5.75 Å². The quantitative estimate of drug-likeness (QED) is 0.740. The van der Waals surface area contributed by atoms with Crippen molar-refractivity contribution in [2.24, 2.45) is 0 Å². The molecule has 0 saturated carbocycles. The molecule has 0 bridgehead atoms. The minimum absolute atomic E-state index is 0.0122. The molecule has 3 aromatic rings. The van der Waals surface area contributed by atoms with E-state index in [1.807, 2.05) is 45.0 Å². The highest BCUT2D eigenvalue weighted by atomic mass is 32.1. The van der Waals surface area contributed by atoms with Gasteiger partial charge >= 0.3 is 0 Å². The number of fused-ring (bicyclic) bond motifs is 1. The molecule has 0 atom stereocenters. The van der Waals surface area contributed by atoms with E-state index < -0.39 is 0 Å². The highest BCUT2D eigenvalue weighted by molar-refractivity contribution is 7.18. The lowest BCUT2D eigenvalue weighted by Crippen LogP contribution is -2.21. The molecule has 0 aliphatic carbocycles. The highest BCUT2D eigenvalue weighted by Crippen LogP contribution is 2.26. The van der Waals surface area contributed by atoms with Gasteiger partial charge in [0.15, 0.2) is 0 Å². The minimum atomic E-state index is 0.0122. The largest absolute Gasteiger partial charge is 0.494 e. The summed E-state index contributed by atoms with van der Waals surface area (Å²) in [6.07, 6.45) is 1.63. The number of benzene rings is 1. The number of thiophene rings is 1. The van der Waals surface area contributed by atoms with Crippen molar-refractivity contribution in [2.45, 2.75) is 27.3 Å². The Morgan fingerprint density at radius 2 is 2.05 bits per heavy atom. The van der Waals surface area contributed by atoms with Crippen LogP contribution in [0.1, 0.15) is 22.9 Å². The molecule has 114 valence electrons. The number of nitrogens with zero attached hydrogens (tertiary/aromatic N) is 2. The van der Waals surface area contributed by atoms with Crippen molar-refractivity contribution < 1.29 is 4.74 Å². The smallest absolute Gasteiger partial charge is 0.262 e. The molecule has 5 heteroatoms. The molecule has 1 aromatic carbocycles. The Morgan fingerprint density at radius 1 is 1.27 bits per heavy atom. The third-order valence-electron chi connectivity index (χ3n) is 3.77. The number of rotatable bonds is 4. The number of aryl methyl sites for hydroxylation is 2. The van der Waals surface area contributed by atoms with Crippen molar-refractivity contribution in [3.63, 3.8) is 0 Å². The molecule has 3 rings (SSSR count). The van der Waals surface area contributed by atoms with Gasteiger partial charge < -0.3 is 4.74 Å². The monoisotopic (exact) mass is 314 g/mol. The molecule has 0 spiro atoms. The Labute approximate surface area is 133 Å². The van der Waals surface area contributed by atoms with E-state index in [1.165, 1.54) is 0 Å². The normalized spacial score (nSPS) is 11.0. The maximum absolute atomic E-state index is 12.7. The summed E-state index contributed by atoms with van der Waals surface area (Å²) >= 11 is 1.57. The Balaban J connectivity index is 2.07. The first kappa shape index (κ1) is 14.8. The van der Waals surface area contributed by atoms with Crippen LogP contribution in [0.4, 0.5) is 0 Å². The average Bonchev–Trinajstić information content (AvgIpc) is 2.80. The molecule has 0 N–H and O–H groups in total. The summed E-state index contributed by atoms with van der Waals surface area (Å²) in [5, 5.41) is 0.735. The molecule has 0 amide bonds. The number of para-hydroxylation sites is 1. The first-order valence-electron chi connectivity index (χ1n) is 7.27. The zero-order valence-electron chi connectivity index (χ0n) is 12.9. The van der Waals surface area contributed by atoms with Crippen LogP contribution in [0.5, 0.6) is 5.75 Å². The van der Waals surface area contributed by atoms with Gasteiger partial charge in [-0.25, -0.2) is 4.98 Å². The predicted molar refractivity (Wildman–Crippen MR) is 90.1 cm³/mol. The number of hydrogen-bond acceptors (Lipinski definition) is 4. The summed E-state index contributed by atoms with van der Waals surface area (Å²) in [7, 11) is 0. The molecule has 2 aromatic heterocycles. The molecule has 0 unspecified atom stereocenters. The summed E-state index contributed by atoms with van der Waals surface area (Å²) in [6, 6.07) is 7.79. The van der Waals surface area contributed by atoms with Crippen LogP contribution in [0.3, 0.4) is 0 Å². The van der Waals surface area contributed by atoms with E-state index in [0.29, 0.717) is 13.2 Å². The van der Waals surface area contributed by atoms with Gasteiger partial charge in [-0.15, -0.1) is 11.3 Å². The molecular weight excluding hydrogens is 296 g/mol. The first-order valence-corrected chi connectivity index (χ1v) is 8.09. The Kier molecular flexibility index (Phi) is 3.98. The minimum Gasteiger partial charge on any atom is -0.494 e. The lowest BCUT2D eigenvalue weighted by atomic mass is 10.2. The van der Waals surface area contributed by atoms with E-state index in [9.17, 15) is 4.79 Å². The van der Waals surface area contributed by atoms with Crippen LogP contribution < -0.4 is 10.3 Å². The van der Waals surface area contributed by atoms with Gasteiger partial charge in [-0.3, -0.25) is 9.36 Å². The van der Waals surface area contributed by atoms with Gasteiger partial charge in [0.1, 0.15) is 10.6 Å². The van der Waals surface area contributed by atoms with Gasteiger partial charge in [-0.2, -0.15) is 0 Å². The van der Waals surface area contributed by atoms with Gasteiger partial charge in [-0.1, -0.05) is 18.2 Å². The summed E-state index contributed by atoms with van der Waals surface area (Å²) in [4.78, 5) is 19.1. The fourth-order valence-electron chi connectivity index (χ4n) is 2.50. The van der Waals surface area contributed by atoms with E-state index in [0.717, 1.165) is 32.0 Å². The molecule has 0 radical (unpaired) electrons. The summed E-state index contributed by atoms with van der Waals surface area (Å²) in [5.74, 6) is 0.815. The molecule has 0 aliphatic heterocycles. The molecule has 22 heavy (non-hydrogen) atoms. The van der Waals surface area contributed by atoms with Crippen LogP contribution >= 0.6 is 11.3 Å². The molecule has 2 heterocycles. The van der Waals surface area contributed by atoms with E-state index in [2.05, 4.69) is 4.98 Å². The fraction of sp³-hybridized carbons (Fsp3) is 0.294. The van der Waals surface area contributed by atoms with Gasteiger partial charge in [0.2, 0.25) is 0 Å². The molecular formula is C17H18N2O2S. The van der Waals surface area contributed by atoms with Crippen LogP contribution in [0.15, 0.2) is 35.4 Å². The maximum Gasteiger partial charge on any atom is 0.262 e. The third kappa shape index (κ3) is 2.52. The van der Waals surface area contributed by atoms with Gasteiger partial charge in [0, 0.05) is 10.4 Å². The Morgan fingerprint density at radius 3 is 2.82 bits per heavy atom. The van der Waals surface area contributed by atoms with Crippen LogP contribution in [0.25, 0.3) is 10.2 Å². The molecule has 0 saturated heterocycles. The SMILES string of the molecule is CCOc1ccccc1Cn1cnc2sc(C)c(C)c2c1=O. The lowest BCUT2D eigenvalue weighted by Gasteiger charge is -2.11. The fourth-order valence-corrected chi connectivity index (χ4v) is 3.48. The van der Waals surface area contributed by atoms with Crippen molar-refractivity contribution in [3.05, 3.63) is 57.0 Å². The van der Waals surface area contributed by atoms with E-state index in [-0.39, 0.29) is 5.56 Å². The van der Waals surface area contributed by atoms with Crippen molar-refractivity contribution in [1.82, 2.24) is 9.55 Å². The lowest BCUT2D eigenvalue weighted by molar-refractivity contribution is 0.335. The maximum atomic E-state index is 12.7. The second kappa shape index (κ2) is 5.93. The molecule has 4 nitrogen and oxygen atoms in total. The highest BCUT2D eigenvalue weighted by Gasteiger charge is 2.13. The Hall–Kier alpha value is -2.14. The molecule has 0 fully saturated rings. The topological polar surface area (TPSA) is 44.1 Å². The zero-order chi connectivity index (χ0) is 15.7. The first-order chi connectivity index (χ1) is 10.6. The van der Waals surface area contributed by atoms with Crippen molar-refractivity contribution in [1.29, 1.82) is 0 Å². The number of aromatic nitrogens is 2. The van der Waals surface area contributed by atoms with Crippen LogP contribution in [-0.2, 0) is 6.54 Å². The average molecular weight is 314 g/mol. The van der Waals surface area contributed by atoms with Crippen molar-refractivity contribution in [2.75, 3.05) is 6.61 Å². The van der Waals surface area contributed by atoms with E-state index in [4.69, 9.17) is 4.74 Å². The number of ether oxygens (including phenoxy) is 1. The van der Waals surface area contributed by atoms with Gasteiger partial charge in [-0.05, 0) is 32.4 Å². The molecule has 0 aliphatic rings. The predicted octanol–water partition coefficient (Wildman–Crippen LogP) is 3.52. The summed E-state index contributed by atoms with van der Waals surface area (Å²) in [5.41, 5.74) is 2.03.